The van der Waals surface area contributed by atoms with Crippen molar-refractivity contribution in [2.24, 2.45) is 23.2 Å². The highest BCUT2D eigenvalue weighted by molar-refractivity contribution is 7.84. The fourth-order valence-electron chi connectivity index (χ4n) is 8.74. The van der Waals surface area contributed by atoms with Gasteiger partial charge < -0.3 is 18.5 Å². The number of quaternary nitrogens is 1. The molecule has 0 saturated heterocycles. The molecule has 1 unspecified atom stereocenters. The van der Waals surface area contributed by atoms with Crippen molar-refractivity contribution in [3.05, 3.63) is 29.3 Å². The van der Waals surface area contributed by atoms with Crippen molar-refractivity contribution in [1.29, 1.82) is 0 Å². The first-order chi connectivity index (χ1) is 25.0. The molecule has 2 fully saturated rings. The Morgan fingerprint density at radius 2 is 1.56 bits per heavy atom. The molecule has 16 heteroatoms. The maximum Gasteiger partial charge on any atom is 0.453 e. The van der Waals surface area contributed by atoms with Gasteiger partial charge in [0.05, 0.1) is 28.2 Å². The van der Waals surface area contributed by atoms with Gasteiger partial charge in [0.1, 0.15) is 18.0 Å². The molecule has 0 aromatic heterocycles. The molecule has 0 N–H and O–H groups in total. The Morgan fingerprint density at radius 1 is 0.963 bits per heavy atom. The van der Waals surface area contributed by atoms with E-state index in [1.807, 2.05) is 13.0 Å². The summed E-state index contributed by atoms with van der Waals surface area (Å²) >= 11 is 0. The van der Waals surface area contributed by atoms with Crippen LogP contribution in [0.3, 0.4) is 0 Å². The number of unbranched alkanes of at least 4 members (excludes halogenated alkanes) is 6. The van der Waals surface area contributed by atoms with Gasteiger partial charge in [0, 0.05) is 41.3 Å². The van der Waals surface area contributed by atoms with E-state index in [0.29, 0.717) is 18.6 Å². The van der Waals surface area contributed by atoms with E-state index in [0.717, 1.165) is 62.3 Å². The van der Waals surface area contributed by atoms with Gasteiger partial charge in [-0.05, 0) is 91.9 Å². The molecule has 8 nitrogen and oxygen atoms in total. The summed E-state index contributed by atoms with van der Waals surface area (Å²) in [5.41, 5.74) is 1.64. The number of benzene rings is 1. The molecule has 0 spiro atoms. The zero-order valence-electron chi connectivity index (χ0n) is 32.6. The van der Waals surface area contributed by atoms with E-state index in [9.17, 15) is 39.1 Å². The van der Waals surface area contributed by atoms with Crippen molar-refractivity contribution in [2.75, 3.05) is 53.6 Å². The second-order valence-corrected chi connectivity index (χ2v) is 19.7. The second-order valence-electron chi connectivity index (χ2n) is 17.0. The quantitative estimate of drug-likeness (QED) is 0.0344. The van der Waals surface area contributed by atoms with Gasteiger partial charge in [0.25, 0.3) is 0 Å². The Balaban J connectivity index is 0.00000147. The number of ether oxygens (including phenoxy) is 2. The summed E-state index contributed by atoms with van der Waals surface area (Å²) in [7, 11) is 3.56. The minimum Gasteiger partial charge on any atom is -0.726 e. The van der Waals surface area contributed by atoms with Crippen LogP contribution in [0.2, 0.25) is 0 Å². The van der Waals surface area contributed by atoms with E-state index in [4.69, 9.17) is 13.7 Å². The van der Waals surface area contributed by atoms with E-state index >= 15 is 4.39 Å². The van der Waals surface area contributed by atoms with Crippen molar-refractivity contribution >= 4 is 21.2 Å². The molecular formula is C38H61F6NO7S2. The molecular weight excluding hydrogens is 761 g/mol. The Bertz CT molecular complexity index is 1450. The molecule has 54 heavy (non-hydrogen) atoms. The molecule has 0 aliphatic heterocycles. The van der Waals surface area contributed by atoms with Gasteiger partial charge in [-0.1, -0.05) is 51.5 Å². The van der Waals surface area contributed by atoms with Gasteiger partial charge in [-0.2, -0.15) is 22.0 Å². The number of fused-ring (bicyclic) bond motifs is 5. The fourth-order valence-corrected chi connectivity index (χ4v) is 10.5. The lowest BCUT2D eigenvalue weighted by atomic mass is 9.52. The van der Waals surface area contributed by atoms with Crippen LogP contribution in [-0.2, 0) is 36.5 Å². The maximum atomic E-state index is 15.4. The second kappa shape index (κ2) is 19.8. The molecule has 2 saturated carbocycles. The number of alkyl halides is 6. The topological polar surface area (TPSA) is 102 Å². The van der Waals surface area contributed by atoms with Crippen molar-refractivity contribution in [3.63, 3.8) is 0 Å². The van der Waals surface area contributed by atoms with Crippen LogP contribution >= 0.6 is 0 Å². The largest absolute Gasteiger partial charge is 0.726 e. The third-order valence-corrected chi connectivity index (χ3v) is 13.0. The molecule has 1 aromatic rings. The first-order valence-corrected chi connectivity index (χ1v) is 21.9. The third kappa shape index (κ3) is 13.9. The van der Waals surface area contributed by atoms with Crippen LogP contribution in [0.1, 0.15) is 107 Å². The molecule has 8 atom stereocenters. The molecule has 3 aliphatic rings. The van der Waals surface area contributed by atoms with Gasteiger partial charge in [-0.15, -0.1) is 0 Å². The highest BCUT2D eigenvalue weighted by atomic mass is 32.3. The van der Waals surface area contributed by atoms with Crippen molar-refractivity contribution in [3.8, 4) is 5.75 Å². The van der Waals surface area contributed by atoms with Gasteiger partial charge in [0.15, 0.2) is 6.79 Å². The lowest BCUT2D eigenvalue weighted by Crippen LogP contribution is -2.48. The third-order valence-electron chi connectivity index (χ3n) is 11.1. The van der Waals surface area contributed by atoms with Gasteiger partial charge in [-0.3, -0.25) is 8.39 Å². The number of hydrogen-bond donors (Lipinski definition) is 0. The van der Waals surface area contributed by atoms with Crippen LogP contribution in [0, 0.1) is 23.2 Å². The zero-order valence-corrected chi connectivity index (χ0v) is 34.2. The molecule has 0 heterocycles. The molecule has 4 rings (SSSR count). The van der Waals surface area contributed by atoms with Crippen molar-refractivity contribution in [1.82, 2.24) is 0 Å². The maximum absolute atomic E-state index is 15.4. The van der Waals surface area contributed by atoms with Crippen LogP contribution in [0.25, 0.3) is 0 Å². The summed E-state index contributed by atoms with van der Waals surface area (Å²) in [5, 5.41) is 0. The van der Waals surface area contributed by atoms with Crippen molar-refractivity contribution in [2.45, 2.75) is 127 Å². The monoisotopic (exact) mass is 821 g/mol. The predicted octanol–water partition coefficient (Wildman–Crippen LogP) is 8.71. The van der Waals surface area contributed by atoms with Crippen LogP contribution in [0.4, 0.5) is 26.3 Å². The minimum atomic E-state index is -5.58. The standard InChI is InChI=1S/C34H50F6O7S2.C4H12N/c1-32-16-14-27-26-13-12-25(46-22-45-2)20-24(26)19-23(30(27)28(32)21-29(35)31(32)47-49(42,43)44)11-8-6-4-3-5-7-9-17-48(41)18-10-15-33(36,37)34(38,39)40;1-5(2,3)4/h12-13,20,23,27-31H,3-11,14-19,21-22H2,1-2H3,(H,42,43,44);1-4H3/q;+1/p-1/t23-,27-,28+,29-,30-,31+,32+,48?;/m1./s1. The Morgan fingerprint density at radius 3 is 2.15 bits per heavy atom. The number of nitrogens with zero attached hydrogens (tertiary/aromatic N) is 1. The Hall–Kier alpha value is -1.46. The molecule has 0 amide bonds. The van der Waals surface area contributed by atoms with Crippen LogP contribution < -0.4 is 4.74 Å². The summed E-state index contributed by atoms with van der Waals surface area (Å²) in [5.74, 6) is -3.56. The lowest BCUT2D eigenvalue weighted by Gasteiger charge is -2.53. The van der Waals surface area contributed by atoms with E-state index in [2.05, 4.69) is 40.3 Å². The summed E-state index contributed by atoms with van der Waals surface area (Å²) in [6, 6.07) is 6.05. The zero-order chi connectivity index (χ0) is 40.5. The normalized spacial score (nSPS) is 27.6. The van der Waals surface area contributed by atoms with Gasteiger partial charge >= 0.3 is 12.1 Å². The molecule has 1 aromatic carbocycles. The predicted molar refractivity (Wildman–Crippen MR) is 196 cm³/mol. The van der Waals surface area contributed by atoms with E-state index in [-0.39, 0.29) is 48.4 Å². The van der Waals surface area contributed by atoms with Gasteiger partial charge in [-0.25, -0.2) is 12.8 Å². The average molecular weight is 822 g/mol. The van der Waals surface area contributed by atoms with Crippen LogP contribution in [-0.4, -0.2) is 99.6 Å². The van der Waals surface area contributed by atoms with Crippen LogP contribution in [0.5, 0.6) is 5.75 Å². The summed E-state index contributed by atoms with van der Waals surface area (Å²) in [4.78, 5) is 0. The van der Waals surface area contributed by atoms with Crippen molar-refractivity contribution < 1.29 is 61.7 Å². The fraction of sp³-hybridized carbons (Fsp3) is 0.842. The Labute approximate surface area is 321 Å². The SMILES string of the molecule is COCOc1ccc2c(c1)C[C@@H](CCCCCCCCCS(=O)CCCC(F)(F)C(F)(F)F)[C@@H]1[C@@H]2CC[C@@]2(C)[C@H]1C[C@@H](F)[C@@H]2OS(=O)(=O)[O-].C[N+](C)(C)C. The van der Waals surface area contributed by atoms with Gasteiger partial charge in [0.2, 0.25) is 10.4 Å². The Kier molecular flexibility index (Phi) is 17.2. The van der Waals surface area contributed by atoms with Crippen LogP contribution in [0.15, 0.2) is 18.2 Å². The summed E-state index contributed by atoms with van der Waals surface area (Å²) < 4.78 is 142. The van der Waals surface area contributed by atoms with E-state index in [1.54, 1.807) is 7.11 Å². The van der Waals surface area contributed by atoms with E-state index < -0.39 is 63.8 Å². The van der Waals surface area contributed by atoms with E-state index in [1.165, 1.54) is 11.1 Å². The summed E-state index contributed by atoms with van der Waals surface area (Å²) in [6.07, 6.45) is -0.895. The number of rotatable bonds is 19. The highest BCUT2D eigenvalue weighted by Crippen LogP contribution is 2.64. The molecule has 314 valence electrons. The highest BCUT2D eigenvalue weighted by Gasteiger charge is 2.61. The smallest absolute Gasteiger partial charge is 0.453 e. The molecule has 0 radical (unpaired) electrons. The average Bonchev–Trinajstić information content (AvgIpc) is 3.29. The number of methoxy groups -OCH3 is 1. The summed E-state index contributed by atoms with van der Waals surface area (Å²) in [6.45, 7) is 2.00. The number of hydrogen-bond acceptors (Lipinski definition) is 7. The molecule has 3 aliphatic carbocycles. The molecule has 0 bridgehead atoms. The minimum absolute atomic E-state index is 0.110. The first-order valence-electron chi connectivity index (χ1n) is 19.1. The first kappa shape index (κ1) is 46.9. The number of halogens is 6. The lowest BCUT2D eigenvalue weighted by molar-refractivity contribution is -0.849.